The fourth-order valence-electron chi connectivity index (χ4n) is 5.11. The van der Waals surface area contributed by atoms with Gasteiger partial charge in [0.25, 0.3) is 5.91 Å². The second-order valence-corrected chi connectivity index (χ2v) is 11.8. The molecule has 2 aromatic rings. The van der Waals surface area contributed by atoms with Crippen LogP contribution in [0.4, 0.5) is 11.4 Å². The number of amides is 2. The standard InChI is InChI=1S/C25H29ClN4O5S/c1-17-12-21-22(35-16-24(31)27-21)14-23(17)36(33,34)30-7-3-4-18(15-30)25(32)29-10-8-28(9-11-29)20-6-2-5-19(26)13-20/h2,5-6,12-14,18H,3-4,7-11,15-16H2,1H3,(H,27,31)/t18-/m1/s1. The molecule has 36 heavy (non-hydrogen) atoms. The molecule has 0 saturated carbocycles. The number of carbonyl (C=O) groups excluding carboxylic acids is 2. The summed E-state index contributed by atoms with van der Waals surface area (Å²) in [6.45, 7) is 4.63. The zero-order valence-electron chi connectivity index (χ0n) is 20.1. The topological polar surface area (TPSA) is 99.3 Å². The first-order valence-electron chi connectivity index (χ1n) is 12.1. The molecule has 3 aliphatic rings. The third-order valence-electron chi connectivity index (χ3n) is 7.03. The van der Waals surface area contributed by atoms with E-state index in [1.807, 2.05) is 29.2 Å². The zero-order valence-corrected chi connectivity index (χ0v) is 21.6. The van der Waals surface area contributed by atoms with E-state index in [4.69, 9.17) is 16.3 Å². The van der Waals surface area contributed by atoms with E-state index in [1.54, 1.807) is 13.0 Å². The Balaban J connectivity index is 1.26. The molecule has 0 spiro atoms. The number of halogens is 1. The van der Waals surface area contributed by atoms with Gasteiger partial charge in [0.2, 0.25) is 15.9 Å². The van der Waals surface area contributed by atoms with Crippen molar-refractivity contribution in [3.05, 3.63) is 47.0 Å². The highest BCUT2D eigenvalue weighted by molar-refractivity contribution is 7.89. The average molecular weight is 533 g/mol. The summed E-state index contributed by atoms with van der Waals surface area (Å²) in [4.78, 5) is 29.1. The average Bonchev–Trinajstić information content (AvgIpc) is 2.88. The molecule has 1 N–H and O–H groups in total. The number of piperidine rings is 1. The molecule has 5 rings (SSSR count). The number of sulfonamides is 1. The smallest absolute Gasteiger partial charge is 0.262 e. The summed E-state index contributed by atoms with van der Waals surface area (Å²) in [7, 11) is -3.84. The minimum atomic E-state index is -3.84. The van der Waals surface area contributed by atoms with Gasteiger partial charge in [-0.1, -0.05) is 17.7 Å². The van der Waals surface area contributed by atoms with E-state index in [-0.39, 0.29) is 35.8 Å². The molecule has 192 valence electrons. The number of anilines is 2. The summed E-state index contributed by atoms with van der Waals surface area (Å²) >= 11 is 6.12. The van der Waals surface area contributed by atoms with Crippen LogP contribution >= 0.6 is 11.6 Å². The number of hydrogen-bond donors (Lipinski definition) is 1. The van der Waals surface area contributed by atoms with Crippen molar-refractivity contribution in [3.8, 4) is 5.75 Å². The zero-order chi connectivity index (χ0) is 25.4. The van der Waals surface area contributed by atoms with E-state index >= 15 is 0 Å². The van der Waals surface area contributed by atoms with E-state index < -0.39 is 10.0 Å². The molecule has 0 unspecified atom stereocenters. The van der Waals surface area contributed by atoms with Gasteiger partial charge < -0.3 is 19.9 Å². The molecule has 2 aromatic carbocycles. The van der Waals surface area contributed by atoms with Crippen LogP contribution in [-0.2, 0) is 19.6 Å². The summed E-state index contributed by atoms with van der Waals surface area (Å²) in [5, 5.41) is 3.38. The second-order valence-electron chi connectivity index (χ2n) is 9.45. The highest BCUT2D eigenvalue weighted by Crippen LogP contribution is 2.35. The molecular weight excluding hydrogens is 504 g/mol. The molecule has 1 atom stereocenters. The minimum Gasteiger partial charge on any atom is -0.482 e. The number of piperazine rings is 1. The van der Waals surface area contributed by atoms with Gasteiger partial charge in [-0.05, 0) is 49.6 Å². The highest BCUT2D eigenvalue weighted by atomic mass is 35.5. The third-order valence-corrected chi connectivity index (χ3v) is 9.27. The molecule has 0 aliphatic carbocycles. The maximum atomic E-state index is 13.6. The molecule has 3 aliphatic heterocycles. The van der Waals surface area contributed by atoms with Crippen LogP contribution in [0, 0.1) is 12.8 Å². The van der Waals surface area contributed by atoms with Crippen LogP contribution in [-0.4, -0.2) is 75.3 Å². The molecule has 0 bridgehead atoms. The predicted octanol–water partition coefficient (Wildman–Crippen LogP) is 2.73. The highest BCUT2D eigenvalue weighted by Gasteiger charge is 2.37. The maximum absolute atomic E-state index is 13.6. The Morgan fingerprint density at radius 2 is 1.89 bits per heavy atom. The fraction of sp³-hybridized carbons (Fsp3) is 0.440. The lowest BCUT2D eigenvalue weighted by Crippen LogP contribution is -2.53. The summed E-state index contributed by atoms with van der Waals surface area (Å²) < 4.78 is 34.0. The molecule has 2 saturated heterocycles. The summed E-state index contributed by atoms with van der Waals surface area (Å²) in [5.74, 6) is -0.308. The lowest BCUT2D eigenvalue weighted by Gasteiger charge is -2.39. The van der Waals surface area contributed by atoms with Crippen LogP contribution in [0.2, 0.25) is 5.02 Å². The number of fused-ring (bicyclic) bond motifs is 1. The first-order valence-corrected chi connectivity index (χ1v) is 13.9. The van der Waals surface area contributed by atoms with Crippen LogP contribution in [0.1, 0.15) is 18.4 Å². The molecular formula is C25H29ClN4O5S. The van der Waals surface area contributed by atoms with Gasteiger partial charge in [0, 0.05) is 56.0 Å². The Kier molecular flexibility index (Phi) is 6.84. The summed E-state index contributed by atoms with van der Waals surface area (Å²) in [5.41, 5.74) is 2.02. The summed E-state index contributed by atoms with van der Waals surface area (Å²) in [6.07, 6.45) is 1.28. The van der Waals surface area contributed by atoms with Crippen LogP contribution in [0.3, 0.4) is 0 Å². The van der Waals surface area contributed by atoms with Crippen molar-refractivity contribution in [1.29, 1.82) is 0 Å². The van der Waals surface area contributed by atoms with Gasteiger partial charge in [-0.3, -0.25) is 9.59 Å². The normalized spacial score (nSPS) is 20.9. The van der Waals surface area contributed by atoms with Crippen LogP contribution in [0.15, 0.2) is 41.3 Å². The number of nitrogens with zero attached hydrogens (tertiary/aromatic N) is 3. The van der Waals surface area contributed by atoms with Crippen LogP contribution < -0.4 is 15.0 Å². The van der Waals surface area contributed by atoms with Crippen molar-refractivity contribution >= 4 is 44.8 Å². The Morgan fingerprint density at radius 3 is 2.64 bits per heavy atom. The number of benzene rings is 2. The number of carbonyl (C=O) groups is 2. The van der Waals surface area contributed by atoms with Gasteiger partial charge >= 0.3 is 0 Å². The monoisotopic (exact) mass is 532 g/mol. The van der Waals surface area contributed by atoms with Crippen molar-refractivity contribution < 1.29 is 22.7 Å². The lowest BCUT2D eigenvalue weighted by molar-refractivity contribution is -0.137. The van der Waals surface area contributed by atoms with E-state index in [1.165, 1.54) is 10.4 Å². The van der Waals surface area contributed by atoms with Gasteiger partial charge in [-0.15, -0.1) is 0 Å². The molecule has 0 aromatic heterocycles. The number of rotatable bonds is 4. The van der Waals surface area contributed by atoms with Gasteiger partial charge in [0.05, 0.1) is 16.5 Å². The third kappa shape index (κ3) is 4.89. The molecule has 2 amide bonds. The Bertz CT molecular complexity index is 1290. The van der Waals surface area contributed by atoms with Crippen LogP contribution in [0.5, 0.6) is 5.75 Å². The predicted molar refractivity (Wildman–Crippen MR) is 137 cm³/mol. The van der Waals surface area contributed by atoms with Gasteiger partial charge in [0.15, 0.2) is 6.61 Å². The largest absolute Gasteiger partial charge is 0.482 e. The molecule has 0 radical (unpaired) electrons. The van der Waals surface area contributed by atoms with Crippen molar-refractivity contribution in [2.45, 2.75) is 24.7 Å². The van der Waals surface area contributed by atoms with E-state index in [0.717, 1.165) is 5.69 Å². The van der Waals surface area contributed by atoms with Crippen molar-refractivity contribution in [1.82, 2.24) is 9.21 Å². The van der Waals surface area contributed by atoms with Crippen LogP contribution in [0.25, 0.3) is 0 Å². The number of nitrogens with one attached hydrogen (secondary N) is 1. The van der Waals surface area contributed by atoms with Crippen molar-refractivity contribution in [3.63, 3.8) is 0 Å². The lowest BCUT2D eigenvalue weighted by atomic mass is 9.97. The van der Waals surface area contributed by atoms with Crippen molar-refractivity contribution in [2.24, 2.45) is 5.92 Å². The van der Waals surface area contributed by atoms with Gasteiger partial charge in [0.1, 0.15) is 5.75 Å². The summed E-state index contributed by atoms with van der Waals surface area (Å²) in [6, 6.07) is 10.8. The second kappa shape index (κ2) is 9.91. The quantitative estimate of drug-likeness (QED) is 0.650. The Hall–Kier alpha value is -2.82. The van der Waals surface area contributed by atoms with Gasteiger partial charge in [-0.25, -0.2) is 8.42 Å². The molecule has 2 fully saturated rings. The first-order chi connectivity index (χ1) is 17.2. The number of aryl methyl sites for hydroxylation is 1. The SMILES string of the molecule is Cc1cc2c(cc1S(=O)(=O)N1CCC[C@@H](C(=O)N3CCN(c4cccc(Cl)c4)CC3)C1)OCC(=O)N2. The van der Waals surface area contributed by atoms with Gasteiger partial charge in [-0.2, -0.15) is 4.31 Å². The number of ether oxygens (including phenoxy) is 1. The first kappa shape index (κ1) is 24.9. The van der Waals surface area contributed by atoms with Crippen molar-refractivity contribution in [2.75, 3.05) is 56.1 Å². The minimum absolute atomic E-state index is 0.00820. The molecule has 9 nitrogen and oxygen atoms in total. The van der Waals surface area contributed by atoms with E-state index in [2.05, 4.69) is 10.2 Å². The molecule has 11 heteroatoms. The fourth-order valence-corrected chi connectivity index (χ4v) is 7.04. The van der Waals surface area contributed by atoms with E-state index in [9.17, 15) is 18.0 Å². The number of hydrogen-bond acceptors (Lipinski definition) is 6. The molecule has 3 heterocycles. The Morgan fingerprint density at radius 1 is 1.11 bits per heavy atom. The maximum Gasteiger partial charge on any atom is 0.262 e. The van der Waals surface area contributed by atoms with E-state index in [0.29, 0.717) is 67.6 Å². The Labute approximate surface area is 216 Å².